The van der Waals surface area contributed by atoms with Crippen molar-refractivity contribution in [1.29, 1.82) is 0 Å². The van der Waals surface area contributed by atoms with Crippen LogP contribution in [-0.4, -0.2) is 125 Å². The lowest BCUT2D eigenvalue weighted by Crippen LogP contribution is -2.58. The number of aromatic nitrogens is 2. The molecule has 0 bridgehead atoms. The highest BCUT2D eigenvalue weighted by Crippen LogP contribution is 2.26. The Labute approximate surface area is 285 Å². The molecule has 1 aromatic heterocycles. The van der Waals surface area contributed by atoms with E-state index in [9.17, 15) is 14.4 Å². The standard InChI is InChI=1S/C34H44ClN9O4/c35-28-20-23(19-25-22-37-40-31(25)28)21-30(32(45)42-17-15-41(16-18-42)26-5-10-36-11-6-26)39-34(47)48-43-12-8-27(9-13-43)44-14-7-24-3-1-2-4-29(24)38-33(44)46/h1-4,19-20,22,26-27,30,36H,5-18,21H2,(H,37,40)(H,38,46)(H,39,47). The van der Waals surface area contributed by atoms with Crippen LogP contribution in [0.25, 0.3) is 10.9 Å². The van der Waals surface area contributed by atoms with Gasteiger partial charge >= 0.3 is 12.1 Å². The van der Waals surface area contributed by atoms with Gasteiger partial charge in [-0.05, 0) is 74.5 Å². The molecule has 3 fully saturated rings. The summed E-state index contributed by atoms with van der Waals surface area (Å²) >= 11 is 6.53. The van der Waals surface area contributed by atoms with Crippen LogP contribution >= 0.6 is 11.6 Å². The number of piperazine rings is 1. The monoisotopic (exact) mass is 677 g/mol. The molecule has 4 amide bonds. The zero-order valence-electron chi connectivity index (χ0n) is 27.1. The number of halogens is 1. The average Bonchev–Trinajstić information content (AvgIpc) is 3.52. The number of fused-ring (bicyclic) bond motifs is 2. The molecule has 48 heavy (non-hydrogen) atoms. The Balaban J connectivity index is 0.967. The maximum atomic E-state index is 14.0. The van der Waals surface area contributed by atoms with E-state index in [0.29, 0.717) is 56.6 Å². The van der Waals surface area contributed by atoms with Gasteiger partial charge in [0.2, 0.25) is 5.91 Å². The van der Waals surface area contributed by atoms with Crippen molar-refractivity contribution in [2.45, 2.75) is 56.7 Å². The molecule has 0 spiro atoms. The van der Waals surface area contributed by atoms with Gasteiger partial charge < -0.3 is 30.6 Å². The lowest BCUT2D eigenvalue weighted by molar-refractivity contribution is -0.137. The number of para-hydroxylation sites is 1. The number of amides is 4. The number of carbonyl (C=O) groups is 3. The Bertz CT molecular complexity index is 1610. The predicted octanol–water partition coefficient (Wildman–Crippen LogP) is 3.22. The molecular weight excluding hydrogens is 634 g/mol. The van der Waals surface area contributed by atoms with E-state index in [-0.39, 0.29) is 24.4 Å². The Morgan fingerprint density at radius 2 is 1.75 bits per heavy atom. The molecule has 2 aromatic carbocycles. The number of anilines is 1. The van der Waals surface area contributed by atoms with E-state index in [2.05, 4.69) is 31.0 Å². The van der Waals surface area contributed by atoms with Gasteiger partial charge in [0, 0.05) is 75.4 Å². The van der Waals surface area contributed by atoms with Crippen LogP contribution in [0.15, 0.2) is 42.6 Å². The van der Waals surface area contributed by atoms with Gasteiger partial charge in [0.1, 0.15) is 6.04 Å². The van der Waals surface area contributed by atoms with Crippen LogP contribution < -0.4 is 16.0 Å². The fourth-order valence-electron chi connectivity index (χ4n) is 7.59. The molecule has 1 unspecified atom stereocenters. The summed E-state index contributed by atoms with van der Waals surface area (Å²) in [4.78, 5) is 52.3. The maximum absolute atomic E-state index is 14.0. The second-order valence-corrected chi connectivity index (χ2v) is 13.6. The van der Waals surface area contributed by atoms with Gasteiger partial charge in [0.15, 0.2) is 0 Å². The van der Waals surface area contributed by atoms with Crippen LogP contribution in [0.3, 0.4) is 0 Å². The van der Waals surface area contributed by atoms with Gasteiger partial charge in [-0.3, -0.25) is 14.8 Å². The molecule has 4 N–H and O–H groups in total. The maximum Gasteiger partial charge on any atom is 0.426 e. The van der Waals surface area contributed by atoms with Crippen LogP contribution in [0.4, 0.5) is 15.3 Å². The highest BCUT2D eigenvalue weighted by atomic mass is 35.5. The molecule has 3 saturated heterocycles. The first-order valence-corrected chi connectivity index (χ1v) is 17.5. The Kier molecular flexibility index (Phi) is 9.98. The van der Waals surface area contributed by atoms with E-state index in [1.165, 1.54) is 0 Å². The van der Waals surface area contributed by atoms with Gasteiger partial charge in [0.25, 0.3) is 0 Å². The predicted molar refractivity (Wildman–Crippen MR) is 183 cm³/mol. The number of benzene rings is 2. The van der Waals surface area contributed by atoms with E-state index in [0.717, 1.165) is 73.2 Å². The fraction of sp³-hybridized carbons (Fsp3) is 0.529. The molecule has 0 radical (unpaired) electrons. The number of hydrogen-bond donors (Lipinski definition) is 4. The SMILES string of the molecule is O=C(NC(Cc1cc(Cl)c2[nH]ncc2c1)C(=O)N1CCN(C2CCNCC2)CC1)ON1CCC(N2CCc3ccccc3NC2=O)CC1. The molecule has 4 aliphatic heterocycles. The van der Waals surface area contributed by atoms with Crippen LogP contribution in [0.2, 0.25) is 5.02 Å². The summed E-state index contributed by atoms with van der Waals surface area (Å²) in [5, 5.41) is 19.3. The summed E-state index contributed by atoms with van der Waals surface area (Å²) in [6.45, 7) is 6.52. The van der Waals surface area contributed by atoms with Crippen molar-refractivity contribution < 1.29 is 19.2 Å². The van der Waals surface area contributed by atoms with Crippen molar-refractivity contribution in [2.75, 3.05) is 64.2 Å². The van der Waals surface area contributed by atoms with E-state index < -0.39 is 12.1 Å². The average molecular weight is 678 g/mol. The van der Waals surface area contributed by atoms with E-state index >= 15 is 0 Å². The van der Waals surface area contributed by atoms with Crippen molar-refractivity contribution in [3.8, 4) is 0 Å². The Morgan fingerprint density at radius 1 is 0.979 bits per heavy atom. The molecule has 0 aliphatic carbocycles. The van der Waals surface area contributed by atoms with Gasteiger partial charge in [0.05, 0.1) is 16.7 Å². The first-order chi connectivity index (χ1) is 23.4. The minimum absolute atomic E-state index is 0.0441. The summed E-state index contributed by atoms with van der Waals surface area (Å²) in [7, 11) is 0. The third-order valence-electron chi connectivity index (χ3n) is 10.3. The summed E-state index contributed by atoms with van der Waals surface area (Å²) in [5.74, 6) is -0.132. The van der Waals surface area contributed by atoms with Gasteiger partial charge in [-0.15, -0.1) is 5.06 Å². The number of aromatic amines is 1. The van der Waals surface area contributed by atoms with Crippen LogP contribution in [0.1, 0.15) is 36.8 Å². The molecule has 5 heterocycles. The number of H-pyrrole nitrogens is 1. The Morgan fingerprint density at radius 3 is 2.54 bits per heavy atom. The highest BCUT2D eigenvalue weighted by molar-refractivity contribution is 6.35. The molecule has 14 heteroatoms. The topological polar surface area (TPSA) is 138 Å². The third kappa shape index (κ3) is 7.39. The number of carbonyl (C=O) groups excluding carboxylic acids is 3. The van der Waals surface area contributed by atoms with Crippen molar-refractivity contribution in [3.05, 3.63) is 58.7 Å². The second-order valence-electron chi connectivity index (χ2n) is 13.2. The van der Waals surface area contributed by atoms with Crippen molar-refractivity contribution in [1.82, 2.24) is 40.6 Å². The first-order valence-electron chi connectivity index (χ1n) is 17.2. The van der Waals surface area contributed by atoms with E-state index in [4.69, 9.17) is 16.4 Å². The fourth-order valence-corrected chi connectivity index (χ4v) is 7.89. The van der Waals surface area contributed by atoms with Gasteiger partial charge in [-0.2, -0.15) is 5.10 Å². The number of hydrogen-bond acceptors (Lipinski definition) is 8. The Hall–Kier alpha value is -3.91. The molecule has 3 aromatic rings. The number of hydroxylamine groups is 2. The quantitative estimate of drug-likeness (QED) is 0.299. The zero-order valence-corrected chi connectivity index (χ0v) is 27.9. The molecule has 1 atom stereocenters. The minimum Gasteiger partial charge on any atom is -0.351 e. The third-order valence-corrected chi connectivity index (χ3v) is 10.6. The van der Waals surface area contributed by atoms with Crippen molar-refractivity contribution >= 4 is 46.2 Å². The smallest absolute Gasteiger partial charge is 0.351 e. The second kappa shape index (κ2) is 14.7. The van der Waals surface area contributed by atoms with Crippen molar-refractivity contribution in [3.63, 3.8) is 0 Å². The largest absolute Gasteiger partial charge is 0.426 e. The summed E-state index contributed by atoms with van der Waals surface area (Å²) < 4.78 is 0. The van der Waals surface area contributed by atoms with Gasteiger partial charge in [-0.25, -0.2) is 9.59 Å². The number of piperidine rings is 2. The minimum atomic E-state index is -0.830. The van der Waals surface area contributed by atoms with Crippen LogP contribution in [0.5, 0.6) is 0 Å². The van der Waals surface area contributed by atoms with Crippen LogP contribution in [0, 0.1) is 0 Å². The summed E-state index contributed by atoms with van der Waals surface area (Å²) in [5.41, 5.74) is 3.54. The lowest BCUT2D eigenvalue weighted by Gasteiger charge is -2.41. The summed E-state index contributed by atoms with van der Waals surface area (Å²) in [6, 6.07) is 11.3. The number of nitrogens with zero attached hydrogens (tertiary/aromatic N) is 5. The van der Waals surface area contributed by atoms with E-state index in [1.54, 1.807) is 11.3 Å². The molecule has 4 aliphatic rings. The molecule has 0 saturated carbocycles. The number of nitrogens with one attached hydrogen (secondary N) is 4. The zero-order chi connectivity index (χ0) is 33.0. The van der Waals surface area contributed by atoms with Gasteiger partial charge in [-0.1, -0.05) is 29.8 Å². The highest BCUT2D eigenvalue weighted by Gasteiger charge is 2.34. The van der Waals surface area contributed by atoms with E-state index in [1.807, 2.05) is 46.2 Å². The molecular formula is C34H44ClN9O4. The first kappa shape index (κ1) is 32.6. The summed E-state index contributed by atoms with van der Waals surface area (Å²) in [6.07, 6.45) is 5.66. The number of rotatable bonds is 7. The van der Waals surface area contributed by atoms with Crippen molar-refractivity contribution in [2.24, 2.45) is 0 Å². The normalized spacial score (nSPS) is 21.0. The molecule has 7 rings (SSSR count). The number of urea groups is 1. The molecule has 13 nitrogen and oxygen atoms in total. The lowest BCUT2D eigenvalue weighted by atomic mass is 10.0. The van der Waals surface area contributed by atoms with Crippen LogP contribution in [-0.2, 0) is 22.5 Å². The molecule has 256 valence electrons.